The Labute approximate surface area is 202 Å². The van der Waals surface area contributed by atoms with Crippen molar-refractivity contribution in [3.63, 3.8) is 0 Å². The predicted molar refractivity (Wildman–Crippen MR) is 136 cm³/mol. The highest BCUT2D eigenvalue weighted by molar-refractivity contribution is 6.03. The van der Waals surface area contributed by atoms with Gasteiger partial charge >= 0.3 is 0 Å². The third kappa shape index (κ3) is 4.16. The summed E-state index contributed by atoms with van der Waals surface area (Å²) < 4.78 is 12.0. The van der Waals surface area contributed by atoms with E-state index in [1.165, 1.54) is 0 Å². The zero-order chi connectivity index (χ0) is 24.2. The third-order valence-corrected chi connectivity index (χ3v) is 6.60. The molecule has 3 aromatic heterocycles. The molecule has 180 valence electrons. The summed E-state index contributed by atoms with van der Waals surface area (Å²) in [7, 11) is 1.82. The van der Waals surface area contributed by atoms with E-state index in [0.717, 1.165) is 53.5 Å². The lowest BCUT2D eigenvalue weighted by Gasteiger charge is -2.39. The summed E-state index contributed by atoms with van der Waals surface area (Å²) in [5.41, 5.74) is 3.13. The van der Waals surface area contributed by atoms with Crippen LogP contribution in [0.1, 0.15) is 26.7 Å². The number of fused-ring (bicyclic) bond motifs is 2. The normalized spacial score (nSPS) is 17.6. The smallest absolute Gasteiger partial charge is 0.229 e. The largest absolute Gasteiger partial charge is 0.436 e. The molecule has 0 atom stereocenters. The van der Waals surface area contributed by atoms with Crippen molar-refractivity contribution in [3.8, 4) is 11.5 Å². The van der Waals surface area contributed by atoms with Crippen LogP contribution in [0.5, 0.6) is 0 Å². The monoisotopic (exact) mass is 472 g/mol. The first-order chi connectivity index (χ1) is 16.9. The molecule has 35 heavy (non-hydrogen) atoms. The van der Waals surface area contributed by atoms with Crippen molar-refractivity contribution < 1.29 is 13.9 Å². The number of amides is 1. The van der Waals surface area contributed by atoms with Crippen LogP contribution in [0.15, 0.2) is 41.1 Å². The lowest BCUT2D eigenvalue weighted by atomic mass is 10.1. The van der Waals surface area contributed by atoms with Crippen LogP contribution >= 0.6 is 0 Å². The maximum absolute atomic E-state index is 12.3. The summed E-state index contributed by atoms with van der Waals surface area (Å²) in [5, 5.41) is 7.72. The van der Waals surface area contributed by atoms with Crippen molar-refractivity contribution in [2.45, 2.75) is 32.3 Å². The minimum Gasteiger partial charge on any atom is -0.436 e. The molecule has 1 amide bonds. The maximum atomic E-state index is 12.3. The van der Waals surface area contributed by atoms with Crippen LogP contribution in [0, 0.1) is 5.92 Å². The lowest BCUT2D eigenvalue weighted by molar-refractivity contribution is -0.117. The fourth-order valence-electron chi connectivity index (χ4n) is 4.61. The van der Waals surface area contributed by atoms with Crippen LogP contribution in [0.2, 0.25) is 0 Å². The standard InChI is InChI=1S/C26H28N6O3/c1-26(2)14-32(8-9-34-26)16-6-7-21-20(10-16)30-25(35-21)19-13-29-23(27-3)18-12-28-22(11-17(18)19)31-24(33)15-4-5-15/h6-7,10-13,15H,4-5,8-9,14H2,1-3H3,(H,27,29)(H,28,31,33). The molecular formula is C26H28N6O3. The molecule has 4 heterocycles. The van der Waals surface area contributed by atoms with E-state index >= 15 is 0 Å². The minimum atomic E-state index is -0.192. The molecule has 0 bridgehead atoms. The molecule has 1 aliphatic carbocycles. The van der Waals surface area contributed by atoms with E-state index in [1.807, 2.05) is 19.2 Å². The van der Waals surface area contributed by atoms with Gasteiger partial charge in [0.15, 0.2) is 5.58 Å². The number of nitrogens with one attached hydrogen (secondary N) is 2. The first-order valence-corrected chi connectivity index (χ1v) is 12.0. The zero-order valence-electron chi connectivity index (χ0n) is 20.1. The minimum absolute atomic E-state index is 0.0157. The first-order valence-electron chi connectivity index (χ1n) is 12.0. The summed E-state index contributed by atoms with van der Waals surface area (Å²) >= 11 is 0. The summed E-state index contributed by atoms with van der Waals surface area (Å²) in [5.74, 6) is 1.80. The van der Waals surface area contributed by atoms with Gasteiger partial charge in [-0.3, -0.25) is 4.79 Å². The van der Waals surface area contributed by atoms with Crippen molar-refractivity contribution in [1.82, 2.24) is 15.0 Å². The van der Waals surface area contributed by atoms with Crippen LogP contribution in [-0.2, 0) is 9.53 Å². The van der Waals surface area contributed by atoms with Gasteiger partial charge in [0.05, 0.1) is 17.8 Å². The Morgan fingerprint density at radius 2 is 2.00 bits per heavy atom. The van der Waals surface area contributed by atoms with E-state index in [0.29, 0.717) is 29.7 Å². The Morgan fingerprint density at radius 1 is 1.14 bits per heavy atom. The molecule has 6 rings (SSSR count). The van der Waals surface area contributed by atoms with Crippen LogP contribution in [0.25, 0.3) is 33.3 Å². The Kier molecular flexibility index (Phi) is 5.10. The van der Waals surface area contributed by atoms with Gasteiger partial charge in [0.2, 0.25) is 11.8 Å². The second kappa shape index (κ2) is 8.20. The third-order valence-electron chi connectivity index (χ3n) is 6.60. The average Bonchev–Trinajstić information content (AvgIpc) is 3.61. The predicted octanol–water partition coefficient (Wildman–Crippen LogP) is 4.44. The molecule has 2 N–H and O–H groups in total. The molecule has 2 aliphatic rings. The number of carbonyl (C=O) groups excluding carboxylic acids is 1. The molecule has 1 saturated heterocycles. The molecule has 1 saturated carbocycles. The number of morpholine rings is 1. The van der Waals surface area contributed by atoms with E-state index < -0.39 is 0 Å². The van der Waals surface area contributed by atoms with Crippen LogP contribution in [0.3, 0.4) is 0 Å². The molecule has 1 aromatic carbocycles. The zero-order valence-corrected chi connectivity index (χ0v) is 20.1. The fraction of sp³-hybridized carbons (Fsp3) is 0.385. The second-order valence-corrected chi connectivity index (χ2v) is 9.85. The van der Waals surface area contributed by atoms with Crippen molar-refractivity contribution in [2.75, 3.05) is 42.3 Å². The number of benzene rings is 1. The second-order valence-electron chi connectivity index (χ2n) is 9.85. The Hall–Kier alpha value is -3.72. The van der Waals surface area contributed by atoms with E-state index in [-0.39, 0.29) is 17.4 Å². The number of hydrogen-bond acceptors (Lipinski definition) is 8. The van der Waals surface area contributed by atoms with Crippen molar-refractivity contribution >= 4 is 45.1 Å². The molecule has 2 fully saturated rings. The number of ether oxygens (including phenoxy) is 1. The molecule has 1 aliphatic heterocycles. The summed E-state index contributed by atoms with van der Waals surface area (Å²) in [6.45, 7) is 6.55. The van der Waals surface area contributed by atoms with Gasteiger partial charge in [-0.1, -0.05) is 0 Å². The van der Waals surface area contributed by atoms with Crippen LogP contribution < -0.4 is 15.5 Å². The number of nitrogens with zero attached hydrogens (tertiary/aromatic N) is 4. The van der Waals surface area contributed by atoms with E-state index in [9.17, 15) is 4.79 Å². The van der Waals surface area contributed by atoms with Crippen LogP contribution in [0.4, 0.5) is 17.3 Å². The molecule has 0 spiro atoms. The Morgan fingerprint density at radius 3 is 2.77 bits per heavy atom. The molecule has 0 radical (unpaired) electrons. The molecular weight excluding hydrogens is 444 g/mol. The summed E-state index contributed by atoms with van der Waals surface area (Å²) in [6, 6.07) is 7.95. The van der Waals surface area contributed by atoms with Crippen molar-refractivity contribution in [3.05, 3.63) is 36.7 Å². The number of pyridine rings is 2. The van der Waals surface area contributed by atoms with Crippen molar-refractivity contribution in [1.29, 1.82) is 0 Å². The van der Waals surface area contributed by atoms with E-state index in [1.54, 1.807) is 12.4 Å². The van der Waals surface area contributed by atoms with E-state index in [2.05, 4.69) is 51.5 Å². The number of hydrogen-bond donors (Lipinski definition) is 2. The fourth-order valence-corrected chi connectivity index (χ4v) is 4.61. The van der Waals surface area contributed by atoms with Gasteiger partial charge in [0.1, 0.15) is 17.2 Å². The molecule has 9 heteroatoms. The van der Waals surface area contributed by atoms with Gasteiger partial charge in [-0.05, 0) is 51.0 Å². The molecule has 0 unspecified atom stereocenters. The number of anilines is 3. The van der Waals surface area contributed by atoms with Gasteiger partial charge in [0, 0.05) is 54.9 Å². The SMILES string of the molecule is CNc1ncc(-c2nc3cc(N4CCOC(C)(C)C4)ccc3o2)c2cc(NC(=O)C3CC3)ncc12. The highest BCUT2D eigenvalue weighted by Gasteiger charge is 2.30. The first kappa shape index (κ1) is 21.8. The molecule has 4 aromatic rings. The van der Waals surface area contributed by atoms with Gasteiger partial charge in [0.25, 0.3) is 0 Å². The summed E-state index contributed by atoms with van der Waals surface area (Å²) in [6.07, 6.45) is 5.34. The number of carbonyl (C=O) groups is 1. The van der Waals surface area contributed by atoms with Gasteiger partial charge in [-0.25, -0.2) is 15.0 Å². The van der Waals surface area contributed by atoms with Gasteiger partial charge < -0.3 is 24.7 Å². The van der Waals surface area contributed by atoms with Gasteiger partial charge in [-0.2, -0.15) is 0 Å². The molecule has 9 nitrogen and oxygen atoms in total. The lowest BCUT2D eigenvalue weighted by Crippen LogP contribution is -2.48. The number of aromatic nitrogens is 3. The highest BCUT2D eigenvalue weighted by Crippen LogP contribution is 2.36. The van der Waals surface area contributed by atoms with Crippen LogP contribution in [-0.4, -0.2) is 53.2 Å². The average molecular weight is 473 g/mol. The van der Waals surface area contributed by atoms with E-state index in [4.69, 9.17) is 14.1 Å². The maximum Gasteiger partial charge on any atom is 0.229 e. The van der Waals surface area contributed by atoms with Gasteiger partial charge in [-0.15, -0.1) is 0 Å². The quantitative estimate of drug-likeness (QED) is 0.439. The highest BCUT2D eigenvalue weighted by atomic mass is 16.5. The number of oxazole rings is 1. The Balaban J connectivity index is 1.39. The number of rotatable bonds is 5. The topological polar surface area (TPSA) is 105 Å². The summed E-state index contributed by atoms with van der Waals surface area (Å²) in [4.78, 5) is 28.4. The van der Waals surface area contributed by atoms with Crippen molar-refractivity contribution in [2.24, 2.45) is 5.92 Å². The Bertz CT molecular complexity index is 1440.